The summed E-state index contributed by atoms with van der Waals surface area (Å²) in [5.74, 6) is -0.726. The van der Waals surface area contributed by atoms with Gasteiger partial charge in [0.15, 0.2) is 0 Å². The van der Waals surface area contributed by atoms with Gasteiger partial charge in [-0.2, -0.15) is 11.8 Å². The Hall–Kier alpha value is -0.260. The summed E-state index contributed by atoms with van der Waals surface area (Å²) < 4.78 is 0. The van der Waals surface area contributed by atoms with Gasteiger partial charge in [0.25, 0.3) is 0 Å². The molecule has 0 aliphatic carbocycles. The van der Waals surface area contributed by atoms with Crippen LogP contribution >= 0.6 is 11.8 Å². The van der Waals surface area contributed by atoms with E-state index in [-0.39, 0.29) is 12.0 Å². The highest BCUT2D eigenvalue weighted by Gasteiger charge is 2.38. The van der Waals surface area contributed by atoms with Gasteiger partial charge in [-0.05, 0) is 6.26 Å². The van der Waals surface area contributed by atoms with Gasteiger partial charge in [-0.1, -0.05) is 6.92 Å². The van der Waals surface area contributed by atoms with Crippen LogP contribution in [0.2, 0.25) is 0 Å². The normalized spacial score (nSPS) is 21.3. The lowest BCUT2D eigenvalue weighted by Crippen LogP contribution is -2.69. The molecule has 3 N–H and O–H groups in total. The van der Waals surface area contributed by atoms with E-state index in [0.717, 1.165) is 19.6 Å². The van der Waals surface area contributed by atoms with Crippen molar-refractivity contribution in [2.75, 3.05) is 25.9 Å². The molecule has 0 aromatic heterocycles. The Morgan fingerprint density at radius 2 is 2.36 bits per heavy atom. The molecule has 0 aromatic rings. The predicted octanol–water partition coefficient (Wildman–Crippen LogP) is 0.144. The molecule has 1 unspecified atom stereocenters. The summed E-state index contributed by atoms with van der Waals surface area (Å²) in [6, 6.07) is 0. The lowest BCUT2D eigenvalue weighted by atomic mass is 9.88. The van der Waals surface area contributed by atoms with Crippen molar-refractivity contribution in [3.63, 3.8) is 0 Å². The van der Waals surface area contributed by atoms with Crippen molar-refractivity contribution in [2.24, 2.45) is 0 Å². The van der Waals surface area contributed by atoms with Crippen molar-refractivity contribution >= 4 is 17.7 Å². The molecular formula is C9H18N2O2S. The second-order valence-electron chi connectivity index (χ2n) is 3.88. The van der Waals surface area contributed by atoms with Crippen LogP contribution in [0, 0.1) is 0 Å². The number of nitrogens with one attached hydrogen (secondary N) is 2. The van der Waals surface area contributed by atoms with Crippen molar-refractivity contribution in [1.29, 1.82) is 0 Å². The van der Waals surface area contributed by atoms with Crippen LogP contribution in [0.25, 0.3) is 0 Å². The molecule has 0 radical (unpaired) electrons. The average Bonchev–Trinajstić information content (AvgIpc) is 2.08. The molecule has 1 atom stereocenters. The van der Waals surface area contributed by atoms with Crippen LogP contribution in [0.4, 0.5) is 0 Å². The molecule has 0 amide bonds. The van der Waals surface area contributed by atoms with Crippen LogP contribution in [-0.4, -0.2) is 47.8 Å². The number of hydrogen-bond acceptors (Lipinski definition) is 4. The molecule has 0 saturated carbocycles. The van der Waals surface area contributed by atoms with Crippen molar-refractivity contribution < 1.29 is 9.90 Å². The highest BCUT2D eigenvalue weighted by molar-refractivity contribution is 7.99. The van der Waals surface area contributed by atoms with E-state index < -0.39 is 5.97 Å². The van der Waals surface area contributed by atoms with E-state index in [2.05, 4.69) is 23.8 Å². The molecule has 0 spiro atoms. The topological polar surface area (TPSA) is 61.4 Å². The number of hydrogen-bond donors (Lipinski definition) is 3. The number of carbonyl (C=O) groups is 1. The van der Waals surface area contributed by atoms with Gasteiger partial charge in [0, 0.05) is 24.9 Å². The van der Waals surface area contributed by atoms with E-state index in [4.69, 9.17) is 5.11 Å². The number of carboxylic acids is 1. The van der Waals surface area contributed by atoms with Gasteiger partial charge in [-0.3, -0.25) is 4.79 Å². The van der Waals surface area contributed by atoms with Crippen molar-refractivity contribution in [2.45, 2.75) is 24.1 Å². The fourth-order valence-corrected chi connectivity index (χ4v) is 1.72. The smallest absolute Gasteiger partial charge is 0.305 e. The summed E-state index contributed by atoms with van der Waals surface area (Å²) in [5.41, 5.74) is -0.199. The maximum absolute atomic E-state index is 10.6. The maximum atomic E-state index is 10.6. The predicted molar refractivity (Wildman–Crippen MR) is 58.8 cm³/mol. The zero-order valence-corrected chi connectivity index (χ0v) is 9.49. The molecule has 1 heterocycles. The van der Waals surface area contributed by atoms with E-state index in [0.29, 0.717) is 5.25 Å². The van der Waals surface area contributed by atoms with Crippen LogP contribution in [0.1, 0.15) is 13.3 Å². The van der Waals surface area contributed by atoms with Gasteiger partial charge in [-0.15, -0.1) is 0 Å². The average molecular weight is 218 g/mol. The van der Waals surface area contributed by atoms with Gasteiger partial charge in [-0.25, -0.2) is 0 Å². The molecule has 5 heteroatoms. The number of carboxylic acid groups (broad SMARTS) is 1. The number of thioether (sulfide) groups is 1. The fourth-order valence-electron chi connectivity index (χ4n) is 1.47. The number of aliphatic carboxylic acids is 1. The Labute approximate surface area is 88.8 Å². The summed E-state index contributed by atoms with van der Waals surface area (Å²) in [5, 5.41) is 15.8. The van der Waals surface area contributed by atoms with Crippen LogP contribution in [0.15, 0.2) is 0 Å². The molecule has 0 bridgehead atoms. The SMILES string of the molecule is CSC(C)CNC1(CC(=O)O)CNC1. The molecule has 14 heavy (non-hydrogen) atoms. The third-order valence-corrected chi connectivity index (χ3v) is 3.55. The molecule has 1 aliphatic heterocycles. The second-order valence-corrected chi connectivity index (χ2v) is 5.16. The van der Waals surface area contributed by atoms with Crippen LogP contribution in [0.3, 0.4) is 0 Å². The van der Waals surface area contributed by atoms with Crippen molar-refractivity contribution in [3.8, 4) is 0 Å². The molecule has 1 fully saturated rings. The van der Waals surface area contributed by atoms with Gasteiger partial charge in [0.05, 0.1) is 12.0 Å². The molecular weight excluding hydrogens is 200 g/mol. The largest absolute Gasteiger partial charge is 0.481 e. The van der Waals surface area contributed by atoms with Crippen molar-refractivity contribution in [3.05, 3.63) is 0 Å². The molecule has 4 nitrogen and oxygen atoms in total. The van der Waals surface area contributed by atoms with Gasteiger partial charge >= 0.3 is 5.97 Å². The molecule has 1 aliphatic rings. The Bertz CT molecular complexity index is 207. The minimum atomic E-state index is -0.726. The second kappa shape index (κ2) is 5.00. The van der Waals surface area contributed by atoms with Crippen LogP contribution in [-0.2, 0) is 4.79 Å². The monoisotopic (exact) mass is 218 g/mol. The minimum absolute atomic E-state index is 0.199. The first-order valence-electron chi connectivity index (χ1n) is 4.78. The molecule has 0 aromatic carbocycles. The first-order chi connectivity index (χ1) is 6.58. The maximum Gasteiger partial charge on any atom is 0.305 e. The van der Waals surface area contributed by atoms with Crippen LogP contribution < -0.4 is 10.6 Å². The molecule has 1 saturated heterocycles. The van der Waals surface area contributed by atoms with Gasteiger partial charge in [0.1, 0.15) is 0 Å². The summed E-state index contributed by atoms with van der Waals surface area (Å²) in [4.78, 5) is 10.6. The Morgan fingerprint density at radius 3 is 2.71 bits per heavy atom. The minimum Gasteiger partial charge on any atom is -0.481 e. The highest BCUT2D eigenvalue weighted by atomic mass is 32.2. The van der Waals surface area contributed by atoms with E-state index >= 15 is 0 Å². The van der Waals surface area contributed by atoms with Crippen LogP contribution in [0.5, 0.6) is 0 Å². The van der Waals surface area contributed by atoms with Gasteiger partial charge < -0.3 is 15.7 Å². The number of rotatable bonds is 6. The van der Waals surface area contributed by atoms with E-state index in [1.807, 2.05) is 0 Å². The van der Waals surface area contributed by atoms with Gasteiger partial charge in [0.2, 0.25) is 0 Å². The van der Waals surface area contributed by atoms with E-state index in [1.54, 1.807) is 11.8 Å². The summed E-state index contributed by atoms with van der Waals surface area (Å²) >= 11 is 1.79. The molecule has 82 valence electrons. The van der Waals surface area contributed by atoms with E-state index in [1.165, 1.54) is 0 Å². The fraction of sp³-hybridized carbons (Fsp3) is 0.889. The first kappa shape index (κ1) is 11.8. The lowest BCUT2D eigenvalue weighted by molar-refractivity contribution is -0.139. The summed E-state index contributed by atoms with van der Waals surface area (Å²) in [7, 11) is 0. The Balaban J connectivity index is 2.34. The quantitative estimate of drug-likeness (QED) is 0.592. The standard InChI is InChI=1S/C9H18N2O2S/c1-7(14-2)4-11-9(3-8(12)13)5-10-6-9/h7,10-11H,3-6H2,1-2H3,(H,12,13). The Morgan fingerprint density at radius 1 is 1.71 bits per heavy atom. The summed E-state index contributed by atoms with van der Waals surface area (Å²) in [6.07, 6.45) is 2.27. The zero-order valence-electron chi connectivity index (χ0n) is 8.67. The molecule has 1 rings (SSSR count). The highest BCUT2D eigenvalue weighted by Crippen LogP contribution is 2.17. The zero-order chi connectivity index (χ0) is 10.6. The van der Waals surface area contributed by atoms with E-state index in [9.17, 15) is 4.79 Å². The van der Waals surface area contributed by atoms with Crippen molar-refractivity contribution in [1.82, 2.24) is 10.6 Å². The third kappa shape index (κ3) is 3.15. The summed E-state index contributed by atoms with van der Waals surface area (Å²) in [6.45, 7) is 4.54. The third-order valence-electron chi connectivity index (χ3n) is 2.58. The Kier molecular flexibility index (Phi) is 4.22. The lowest BCUT2D eigenvalue weighted by Gasteiger charge is -2.43. The first-order valence-corrected chi connectivity index (χ1v) is 6.07.